The summed E-state index contributed by atoms with van der Waals surface area (Å²) in [6, 6.07) is 3.06. The Bertz CT molecular complexity index is 924. The highest BCUT2D eigenvalue weighted by Crippen LogP contribution is 2.10. The second kappa shape index (κ2) is 7.90. The zero-order chi connectivity index (χ0) is 18.4. The van der Waals surface area contributed by atoms with Crippen LogP contribution in [0.2, 0.25) is 5.28 Å². The first-order valence-corrected chi connectivity index (χ1v) is 7.45. The van der Waals surface area contributed by atoms with Gasteiger partial charge in [0.2, 0.25) is 17.2 Å². The molecule has 3 N–H and O–H groups in total. The number of hydrogen-bond donors (Lipinski definition) is 3. The Morgan fingerprint density at radius 2 is 1.65 bits per heavy atom. The highest BCUT2D eigenvalue weighted by atomic mass is 35.5. The molecule has 3 aromatic heterocycles. The Hall–Kier alpha value is -3.73. The van der Waals surface area contributed by atoms with Gasteiger partial charge in [-0.1, -0.05) is 0 Å². The van der Waals surface area contributed by atoms with Crippen LogP contribution in [0.25, 0.3) is 0 Å². The Balaban J connectivity index is 1.68. The molecule has 130 valence electrons. The molecule has 0 bridgehead atoms. The molecule has 26 heavy (non-hydrogen) atoms. The maximum Gasteiger partial charge on any atom is 0.278 e. The van der Waals surface area contributed by atoms with Gasteiger partial charge in [0.05, 0.1) is 6.20 Å². The van der Waals surface area contributed by atoms with E-state index in [0.717, 1.165) is 0 Å². The number of hydrazine groups is 1. The van der Waals surface area contributed by atoms with Crippen molar-refractivity contribution in [2.24, 2.45) is 0 Å². The second-order valence-corrected chi connectivity index (χ2v) is 4.95. The third-order valence-electron chi connectivity index (χ3n) is 2.86. The zero-order valence-corrected chi connectivity index (χ0v) is 13.7. The van der Waals surface area contributed by atoms with E-state index in [2.05, 4.69) is 46.1 Å². The van der Waals surface area contributed by atoms with E-state index in [-0.39, 0.29) is 22.9 Å². The van der Waals surface area contributed by atoms with Gasteiger partial charge in [-0.25, -0.2) is 4.98 Å². The van der Waals surface area contributed by atoms with Gasteiger partial charge in [0.15, 0.2) is 0 Å². The smallest absolute Gasteiger partial charge is 0.278 e. The number of aromatic nitrogens is 6. The summed E-state index contributed by atoms with van der Waals surface area (Å²) in [6.45, 7) is 0. The second-order valence-electron chi connectivity index (χ2n) is 4.61. The fourth-order valence-corrected chi connectivity index (χ4v) is 1.89. The van der Waals surface area contributed by atoms with Gasteiger partial charge in [0, 0.05) is 30.4 Å². The number of carbonyl (C=O) groups excluding carboxylic acids is 2. The van der Waals surface area contributed by atoms with E-state index in [1.165, 1.54) is 43.1 Å². The highest BCUT2D eigenvalue weighted by Gasteiger charge is 2.12. The van der Waals surface area contributed by atoms with E-state index in [4.69, 9.17) is 11.6 Å². The van der Waals surface area contributed by atoms with Crippen LogP contribution in [0.4, 0.5) is 11.9 Å². The summed E-state index contributed by atoms with van der Waals surface area (Å²) in [4.78, 5) is 47.0. The van der Waals surface area contributed by atoms with E-state index >= 15 is 0 Å². The van der Waals surface area contributed by atoms with Gasteiger partial charge in [-0.2, -0.15) is 15.0 Å². The van der Waals surface area contributed by atoms with Crippen LogP contribution in [0.3, 0.4) is 0 Å². The van der Waals surface area contributed by atoms with E-state index in [0.29, 0.717) is 5.56 Å². The molecule has 3 rings (SSSR count). The number of hydrogen-bond acceptors (Lipinski definition) is 9. The van der Waals surface area contributed by atoms with Crippen molar-refractivity contribution < 1.29 is 9.59 Å². The lowest BCUT2D eigenvalue weighted by molar-refractivity contribution is 0.0960. The first-order valence-electron chi connectivity index (χ1n) is 7.07. The first kappa shape index (κ1) is 17.1. The third-order valence-corrected chi connectivity index (χ3v) is 3.03. The molecule has 0 saturated carbocycles. The maximum atomic E-state index is 12.0. The molecule has 0 unspecified atom stereocenters. The van der Waals surface area contributed by atoms with Crippen LogP contribution in [0, 0.1) is 0 Å². The zero-order valence-electron chi connectivity index (χ0n) is 12.9. The lowest BCUT2D eigenvalue weighted by Crippen LogP contribution is -2.30. The molecular weight excluding hydrogens is 362 g/mol. The Morgan fingerprint density at radius 3 is 2.38 bits per heavy atom. The van der Waals surface area contributed by atoms with Crippen molar-refractivity contribution in [3.05, 3.63) is 59.7 Å². The Morgan fingerprint density at radius 1 is 0.885 bits per heavy atom. The van der Waals surface area contributed by atoms with Gasteiger partial charge in [0.1, 0.15) is 5.69 Å². The van der Waals surface area contributed by atoms with E-state index in [1.807, 2.05) is 0 Å². The van der Waals surface area contributed by atoms with Crippen LogP contribution in [0.15, 0.2) is 43.1 Å². The third kappa shape index (κ3) is 4.42. The lowest BCUT2D eigenvalue weighted by atomic mass is 10.3. The van der Waals surface area contributed by atoms with Crippen LogP contribution in [-0.2, 0) is 0 Å². The number of amides is 2. The first-order chi connectivity index (χ1) is 12.6. The van der Waals surface area contributed by atoms with Crippen molar-refractivity contribution in [1.82, 2.24) is 35.3 Å². The van der Waals surface area contributed by atoms with Gasteiger partial charge >= 0.3 is 0 Å². The summed E-state index contributed by atoms with van der Waals surface area (Å²) in [6.07, 6.45) is 7.05. The summed E-state index contributed by atoms with van der Waals surface area (Å²) in [5, 5.41) is 2.22. The summed E-state index contributed by atoms with van der Waals surface area (Å²) in [7, 11) is 0. The molecule has 2 amide bonds. The van der Waals surface area contributed by atoms with Crippen LogP contribution in [-0.4, -0.2) is 41.7 Å². The molecule has 0 fully saturated rings. The molecule has 3 aromatic rings. The largest absolute Gasteiger partial charge is 0.289 e. The molecule has 0 aliphatic carbocycles. The normalized spacial score (nSPS) is 10.0. The molecule has 11 nitrogen and oxygen atoms in total. The molecule has 0 aromatic carbocycles. The summed E-state index contributed by atoms with van der Waals surface area (Å²) in [5.41, 5.74) is 5.33. The van der Waals surface area contributed by atoms with Gasteiger partial charge in [0.25, 0.3) is 11.8 Å². The van der Waals surface area contributed by atoms with Crippen molar-refractivity contribution in [1.29, 1.82) is 0 Å². The molecule has 0 aliphatic heterocycles. The number of nitrogens with one attached hydrogen (secondary N) is 3. The highest BCUT2D eigenvalue weighted by molar-refractivity contribution is 6.28. The number of carbonyl (C=O) groups is 2. The standard InChI is InChI=1S/C14H10ClN9O2/c15-12-20-13(19-11(26)9-7-17-5-6-18-9)22-14(21-12)24-23-10(25)8-1-3-16-4-2-8/h1-7H,(H,23,25)(H2,19,20,21,22,24,26). The Kier molecular flexibility index (Phi) is 5.19. The predicted molar refractivity (Wildman–Crippen MR) is 90.1 cm³/mol. The van der Waals surface area contributed by atoms with Crippen molar-refractivity contribution in [3.63, 3.8) is 0 Å². The quantitative estimate of drug-likeness (QED) is 0.551. The van der Waals surface area contributed by atoms with Gasteiger partial charge in [-0.05, 0) is 23.7 Å². The minimum Gasteiger partial charge on any atom is -0.289 e. The SMILES string of the molecule is O=C(NNc1nc(Cl)nc(NC(=O)c2cnccn2)n1)c1ccncc1. The lowest BCUT2D eigenvalue weighted by Gasteiger charge is -2.08. The maximum absolute atomic E-state index is 12.0. The number of rotatable bonds is 5. The van der Waals surface area contributed by atoms with Crippen molar-refractivity contribution in [2.45, 2.75) is 0 Å². The van der Waals surface area contributed by atoms with Crippen molar-refractivity contribution in [2.75, 3.05) is 10.7 Å². The fourth-order valence-electron chi connectivity index (χ4n) is 1.73. The topological polar surface area (TPSA) is 148 Å². The molecule has 0 radical (unpaired) electrons. The molecule has 0 saturated heterocycles. The monoisotopic (exact) mass is 371 g/mol. The molecule has 0 atom stereocenters. The number of pyridine rings is 1. The molecule has 0 aliphatic rings. The predicted octanol–water partition coefficient (Wildman–Crippen LogP) is 0.719. The van der Waals surface area contributed by atoms with E-state index in [1.54, 1.807) is 0 Å². The van der Waals surface area contributed by atoms with Gasteiger partial charge < -0.3 is 0 Å². The Labute approximate surface area is 151 Å². The molecule has 3 heterocycles. The van der Waals surface area contributed by atoms with Gasteiger partial charge in [-0.3, -0.25) is 35.7 Å². The van der Waals surface area contributed by atoms with Crippen molar-refractivity contribution in [3.8, 4) is 0 Å². The van der Waals surface area contributed by atoms with Crippen LogP contribution in [0.1, 0.15) is 20.8 Å². The van der Waals surface area contributed by atoms with E-state index < -0.39 is 11.8 Å². The molecule has 0 spiro atoms. The number of halogens is 1. The average Bonchev–Trinajstić information content (AvgIpc) is 2.67. The number of anilines is 2. The molecule has 12 heteroatoms. The summed E-state index contributed by atoms with van der Waals surface area (Å²) in [5.74, 6) is -1.20. The minimum absolute atomic E-state index is 0.0677. The van der Waals surface area contributed by atoms with Crippen LogP contribution in [0.5, 0.6) is 0 Å². The average molecular weight is 372 g/mol. The van der Waals surface area contributed by atoms with Crippen LogP contribution < -0.4 is 16.2 Å². The summed E-state index contributed by atoms with van der Waals surface area (Å²) >= 11 is 5.81. The van der Waals surface area contributed by atoms with E-state index in [9.17, 15) is 9.59 Å². The van der Waals surface area contributed by atoms with Gasteiger partial charge in [-0.15, -0.1) is 0 Å². The van der Waals surface area contributed by atoms with Crippen LogP contribution >= 0.6 is 11.6 Å². The fraction of sp³-hybridized carbons (Fsp3) is 0. The molecular formula is C14H10ClN9O2. The van der Waals surface area contributed by atoms with Crippen molar-refractivity contribution >= 4 is 35.3 Å². The summed E-state index contributed by atoms with van der Waals surface area (Å²) < 4.78 is 0. The number of nitrogens with zero attached hydrogens (tertiary/aromatic N) is 6. The minimum atomic E-state index is -0.577.